The third-order valence-electron chi connectivity index (χ3n) is 5.27. The molecule has 0 saturated heterocycles. The molecule has 0 atom stereocenters. The van der Waals surface area contributed by atoms with Crippen LogP contribution in [0.2, 0.25) is 0 Å². The lowest BCUT2D eigenvalue weighted by Gasteiger charge is -2.29. The van der Waals surface area contributed by atoms with Gasteiger partial charge in [0.25, 0.3) is 0 Å². The fourth-order valence-corrected chi connectivity index (χ4v) is 5.44. The zero-order chi connectivity index (χ0) is 20.4. The zero-order valence-corrected chi connectivity index (χ0v) is 17.4. The Morgan fingerprint density at radius 3 is 2.31 bits per heavy atom. The molecule has 0 aliphatic heterocycles. The quantitative estimate of drug-likeness (QED) is 0.688. The standard InChI is InChI=1S/C22H25N3O3S/c1-15-14-16(2)24-22(23-15)28-19-12-10-18(11-13-19)25-29(26,27)21-9-5-7-17-6-3-4-8-20(17)21/h3-9,14,18-19,25H,10-13H2,1-2H3. The van der Waals surface area contributed by atoms with Crippen LogP contribution in [0.25, 0.3) is 10.8 Å². The Balaban J connectivity index is 1.41. The Morgan fingerprint density at radius 2 is 1.59 bits per heavy atom. The summed E-state index contributed by atoms with van der Waals surface area (Å²) in [6.07, 6.45) is 2.98. The first kappa shape index (κ1) is 19.8. The van der Waals surface area contributed by atoms with Crippen molar-refractivity contribution in [2.45, 2.75) is 56.6 Å². The Bertz CT molecular complexity index is 1100. The third kappa shape index (κ3) is 4.57. The van der Waals surface area contributed by atoms with Gasteiger partial charge >= 0.3 is 6.01 Å². The molecule has 1 aliphatic rings. The highest BCUT2D eigenvalue weighted by Crippen LogP contribution is 2.26. The maximum atomic E-state index is 13.0. The van der Waals surface area contributed by atoms with Gasteiger partial charge in [-0.3, -0.25) is 0 Å². The molecule has 0 unspecified atom stereocenters. The molecule has 0 amide bonds. The number of ether oxygens (including phenoxy) is 1. The van der Waals surface area contributed by atoms with Gasteiger partial charge in [0.1, 0.15) is 6.10 Å². The summed E-state index contributed by atoms with van der Waals surface area (Å²) in [5.74, 6) is 0. The van der Waals surface area contributed by atoms with E-state index in [2.05, 4.69) is 14.7 Å². The number of benzene rings is 2. The minimum atomic E-state index is -3.59. The fourth-order valence-electron chi connectivity index (χ4n) is 3.91. The number of hydrogen-bond donors (Lipinski definition) is 1. The third-order valence-corrected chi connectivity index (χ3v) is 6.85. The second-order valence-electron chi connectivity index (χ2n) is 7.62. The topological polar surface area (TPSA) is 81.2 Å². The summed E-state index contributed by atoms with van der Waals surface area (Å²) < 4.78 is 34.8. The predicted molar refractivity (Wildman–Crippen MR) is 112 cm³/mol. The van der Waals surface area contributed by atoms with Gasteiger partial charge in [-0.1, -0.05) is 36.4 Å². The molecule has 6 nitrogen and oxygen atoms in total. The lowest BCUT2D eigenvalue weighted by molar-refractivity contribution is 0.131. The van der Waals surface area contributed by atoms with E-state index in [9.17, 15) is 8.42 Å². The summed E-state index contributed by atoms with van der Waals surface area (Å²) in [5, 5.41) is 1.66. The fraction of sp³-hybridized carbons (Fsp3) is 0.364. The number of aromatic nitrogens is 2. The van der Waals surface area contributed by atoms with Gasteiger partial charge in [0, 0.05) is 22.8 Å². The summed E-state index contributed by atoms with van der Waals surface area (Å²) in [4.78, 5) is 8.99. The van der Waals surface area contributed by atoms with Gasteiger partial charge in [0.05, 0.1) is 4.90 Å². The monoisotopic (exact) mass is 411 g/mol. The van der Waals surface area contributed by atoms with Gasteiger partial charge in [-0.25, -0.2) is 23.1 Å². The van der Waals surface area contributed by atoms with Crippen molar-refractivity contribution < 1.29 is 13.2 Å². The van der Waals surface area contributed by atoms with Gasteiger partial charge in [0.2, 0.25) is 10.0 Å². The largest absolute Gasteiger partial charge is 0.460 e. The Labute approximate surface area is 171 Å². The van der Waals surface area contributed by atoms with Crippen LogP contribution in [0.5, 0.6) is 6.01 Å². The molecule has 3 aromatic rings. The highest BCUT2D eigenvalue weighted by molar-refractivity contribution is 7.89. The van der Waals surface area contributed by atoms with Crippen molar-refractivity contribution in [1.82, 2.24) is 14.7 Å². The van der Waals surface area contributed by atoms with Crippen LogP contribution < -0.4 is 9.46 Å². The zero-order valence-electron chi connectivity index (χ0n) is 16.6. The normalized spacial score (nSPS) is 19.9. The molecular weight excluding hydrogens is 386 g/mol. The average molecular weight is 412 g/mol. The molecule has 1 fully saturated rings. The molecule has 0 bridgehead atoms. The first-order valence-corrected chi connectivity index (χ1v) is 11.4. The minimum Gasteiger partial charge on any atom is -0.460 e. The van der Waals surface area contributed by atoms with E-state index in [1.54, 1.807) is 12.1 Å². The molecule has 7 heteroatoms. The number of nitrogens with one attached hydrogen (secondary N) is 1. The minimum absolute atomic E-state index is 0.00881. The van der Waals surface area contributed by atoms with Crippen LogP contribution in [0.1, 0.15) is 37.1 Å². The van der Waals surface area contributed by atoms with E-state index in [4.69, 9.17) is 4.74 Å². The molecule has 152 valence electrons. The van der Waals surface area contributed by atoms with Crippen molar-refractivity contribution in [2.24, 2.45) is 0 Å². The maximum absolute atomic E-state index is 13.0. The van der Waals surface area contributed by atoms with Crippen LogP contribution in [-0.4, -0.2) is 30.5 Å². The first-order valence-electron chi connectivity index (χ1n) is 9.90. The van der Waals surface area contributed by atoms with Crippen LogP contribution in [0.4, 0.5) is 0 Å². The van der Waals surface area contributed by atoms with Gasteiger partial charge in [-0.2, -0.15) is 0 Å². The summed E-state index contributed by atoms with van der Waals surface area (Å²) in [5.41, 5.74) is 1.76. The lowest BCUT2D eigenvalue weighted by atomic mass is 9.94. The van der Waals surface area contributed by atoms with Gasteiger partial charge < -0.3 is 4.74 Å². The molecule has 4 rings (SSSR count). The maximum Gasteiger partial charge on any atom is 0.317 e. The number of nitrogens with zero attached hydrogens (tertiary/aromatic N) is 2. The summed E-state index contributed by atoms with van der Waals surface area (Å²) in [6, 6.07) is 15.1. The number of aryl methyl sites for hydroxylation is 2. The molecule has 1 aromatic heterocycles. The molecule has 1 heterocycles. The van der Waals surface area contributed by atoms with E-state index in [-0.39, 0.29) is 12.1 Å². The van der Waals surface area contributed by atoms with Crippen LogP contribution in [-0.2, 0) is 10.0 Å². The second kappa shape index (κ2) is 8.08. The number of sulfonamides is 1. The van der Waals surface area contributed by atoms with Crippen molar-refractivity contribution in [2.75, 3.05) is 0 Å². The van der Waals surface area contributed by atoms with Gasteiger partial charge in [-0.05, 0) is 57.0 Å². The molecule has 0 spiro atoms. The smallest absolute Gasteiger partial charge is 0.317 e. The molecule has 1 aliphatic carbocycles. The van der Waals surface area contributed by atoms with Crippen molar-refractivity contribution in [1.29, 1.82) is 0 Å². The van der Waals surface area contributed by atoms with Crippen LogP contribution in [0.3, 0.4) is 0 Å². The Hall–Kier alpha value is -2.51. The van der Waals surface area contributed by atoms with E-state index < -0.39 is 10.0 Å². The predicted octanol–water partition coefficient (Wildman–Crippen LogP) is 3.92. The Kier molecular flexibility index (Phi) is 5.52. The van der Waals surface area contributed by atoms with E-state index in [1.807, 2.05) is 50.2 Å². The SMILES string of the molecule is Cc1cc(C)nc(OC2CCC(NS(=O)(=O)c3cccc4ccccc34)CC2)n1. The van der Waals surface area contributed by atoms with Crippen LogP contribution in [0.15, 0.2) is 53.4 Å². The van der Waals surface area contributed by atoms with Crippen molar-refractivity contribution >= 4 is 20.8 Å². The van der Waals surface area contributed by atoms with Crippen LogP contribution in [0, 0.1) is 13.8 Å². The number of fused-ring (bicyclic) bond motifs is 1. The van der Waals surface area contributed by atoms with Gasteiger partial charge in [0.15, 0.2) is 0 Å². The molecule has 1 saturated carbocycles. The highest BCUT2D eigenvalue weighted by atomic mass is 32.2. The second-order valence-corrected chi connectivity index (χ2v) is 9.31. The van der Waals surface area contributed by atoms with E-state index in [0.717, 1.165) is 47.8 Å². The summed E-state index contributed by atoms with van der Waals surface area (Å²) in [6.45, 7) is 3.83. The van der Waals surface area contributed by atoms with Gasteiger partial charge in [-0.15, -0.1) is 0 Å². The van der Waals surface area contributed by atoms with E-state index in [1.165, 1.54) is 0 Å². The van der Waals surface area contributed by atoms with Crippen molar-refractivity contribution in [3.8, 4) is 6.01 Å². The van der Waals surface area contributed by atoms with Crippen LogP contribution >= 0.6 is 0 Å². The summed E-state index contributed by atoms with van der Waals surface area (Å²) >= 11 is 0. The molecule has 1 N–H and O–H groups in total. The molecular formula is C22H25N3O3S. The first-order chi connectivity index (χ1) is 13.9. The molecule has 2 aromatic carbocycles. The average Bonchev–Trinajstić information content (AvgIpc) is 2.68. The Morgan fingerprint density at radius 1 is 0.931 bits per heavy atom. The molecule has 29 heavy (non-hydrogen) atoms. The lowest BCUT2D eigenvalue weighted by Crippen LogP contribution is -2.39. The number of rotatable bonds is 5. The molecule has 0 radical (unpaired) electrons. The van der Waals surface area contributed by atoms with E-state index >= 15 is 0 Å². The van der Waals surface area contributed by atoms with Crippen molar-refractivity contribution in [3.63, 3.8) is 0 Å². The summed E-state index contributed by atoms with van der Waals surface area (Å²) in [7, 11) is -3.59. The van der Waals surface area contributed by atoms with E-state index in [0.29, 0.717) is 10.9 Å². The number of hydrogen-bond acceptors (Lipinski definition) is 5. The highest BCUT2D eigenvalue weighted by Gasteiger charge is 2.28. The van der Waals surface area contributed by atoms with Crippen molar-refractivity contribution in [3.05, 3.63) is 59.9 Å².